The van der Waals surface area contributed by atoms with Crippen molar-refractivity contribution in [1.82, 2.24) is 0 Å². The van der Waals surface area contributed by atoms with Gasteiger partial charge < -0.3 is 20.3 Å². The highest BCUT2D eigenvalue weighted by molar-refractivity contribution is 7.90. The first-order valence-corrected chi connectivity index (χ1v) is 12.3. The van der Waals surface area contributed by atoms with Gasteiger partial charge in [0.1, 0.15) is 17.6 Å². The van der Waals surface area contributed by atoms with Crippen LogP contribution in [0.1, 0.15) is 31.2 Å². The molecule has 7 nitrogen and oxygen atoms in total. The molecule has 0 saturated heterocycles. The van der Waals surface area contributed by atoms with Crippen LogP contribution in [0.5, 0.6) is 5.75 Å². The number of aliphatic carboxylic acids is 1. The van der Waals surface area contributed by atoms with Crippen LogP contribution < -0.4 is 10.5 Å². The van der Waals surface area contributed by atoms with Crippen LogP contribution in [0.3, 0.4) is 0 Å². The molecule has 0 spiro atoms. The normalized spacial score (nSPS) is 14.9. The minimum atomic E-state index is -4.66. The van der Waals surface area contributed by atoms with Crippen LogP contribution in [0.2, 0.25) is 0 Å². The third kappa shape index (κ3) is 7.64. The third-order valence-electron chi connectivity index (χ3n) is 5.41. The number of ether oxygens (including phenoxy) is 2. The van der Waals surface area contributed by atoms with E-state index >= 15 is 0 Å². The van der Waals surface area contributed by atoms with E-state index in [4.69, 9.17) is 20.3 Å². The summed E-state index contributed by atoms with van der Waals surface area (Å²) in [6.07, 6.45) is -4.31. The first kappa shape index (κ1) is 28.5. The maximum Gasteiger partial charge on any atom is 0.395 e. The van der Waals surface area contributed by atoms with Crippen molar-refractivity contribution in [1.29, 1.82) is 0 Å². The number of sulfone groups is 1. The fourth-order valence-electron chi connectivity index (χ4n) is 3.66. The second-order valence-corrected chi connectivity index (χ2v) is 10.4. The summed E-state index contributed by atoms with van der Waals surface area (Å²) < 4.78 is 90.3. The molecule has 0 fully saturated rings. The number of alkyl halides is 3. The van der Waals surface area contributed by atoms with Crippen LogP contribution in [-0.2, 0) is 19.4 Å². The molecule has 0 aliphatic rings. The number of benzene rings is 2. The molecule has 2 aromatic rings. The van der Waals surface area contributed by atoms with Gasteiger partial charge in [0.25, 0.3) is 0 Å². The molecule has 12 heteroatoms. The molecular formula is C23H27F4NO6S. The van der Waals surface area contributed by atoms with Crippen LogP contribution in [0.4, 0.5) is 17.6 Å². The van der Waals surface area contributed by atoms with Crippen molar-refractivity contribution in [2.75, 3.05) is 20.2 Å². The first-order valence-electron chi connectivity index (χ1n) is 10.5. The number of rotatable bonds is 11. The molecule has 35 heavy (non-hydrogen) atoms. The molecule has 0 saturated carbocycles. The van der Waals surface area contributed by atoms with Gasteiger partial charge in [-0.3, -0.25) is 4.79 Å². The average molecular weight is 522 g/mol. The maximum absolute atomic E-state index is 14.8. The molecule has 0 aliphatic heterocycles. The van der Waals surface area contributed by atoms with Crippen LogP contribution >= 0.6 is 0 Å². The Morgan fingerprint density at radius 3 is 2.26 bits per heavy atom. The second kappa shape index (κ2) is 11.4. The van der Waals surface area contributed by atoms with Gasteiger partial charge in [-0.05, 0) is 42.5 Å². The Balaban J connectivity index is 2.51. The molecule has 0 bridgehead atoms. The maximum atomic E-state index is 14.8. The fourth-order valence-corrected chi connectivity index (χ4v) is 4.29. The van der Waals surface area contributed by atoms with Crippen LogP contribution in [0.25, 0.3) is 11.1 Å². The molecule has 0 aromatic heterocycles. The average Bonchev–Trinajstić information content (AvgIpc) is 2.74. The number of carbonyl (C=O) groups is 1. The third-order valence-corrected chi connectivity index (χ3v) is 6.52. The Hall–Kier alpha value is -2.70. The van der Waals surface area contributed by atoms with Gasteiger partial charge in [-0.1, -0.05) is 25.1 Å². The Bertz CT molecular complexity index is 1150. The van der Waals surface area contributed by atoms with Crippen molar-refractivity contribution in [2.24, 2.45) is 11.7 Å². The van der Waals surface area contributed by atoms with Crippen molar-refractivity contribution in [3.63, 3.8) is 0 Å². The van der Waals surface area contributed by atoms with E-state index in [-0.39, 0.29) is 40.5 Å². The summed E-state index contributed by atoms with van der Waals surface area (Å²) in [5.41, 5.74) is 5.33. The lowest BCUT2D eigenvalue weighted by atomic mass is 9.85. The van der Waals surface area contributed by atoms with E-state index in [0.29, 0.717) is 0 Å². The largest absolute Gasteiger partial charge is 0.480 e. The number of halogens is 4. The van der Waals surface area contributed by atoms with E-state index in [0.717, 1.165) is 18.4 Å². The lowest BCUT2D eigenvalue weighted by Crippen LogP contribution is -2.33. The highest BCUT2D eigenvalue weighted by Gasteiger charge is 2.42. The van der Waals surface area contributed by atoms with Gasteiger partial charge in [0, 0.05) is 24.5 Å². The van der Waals surface area contributed by atoms with Gasteiger partial charge >= 0.3 is 12.1 Å². The highest BCUT2D eigenvalue weighted by atomic mass is 32.2. The summed E-state index contributed by atoms with van der Waals surface area (Å²) in [6, 6.07) is 5.49. The summed E-state index contributed by atoms with van der Waals surface area (Å²) in [6.45, 7) is 1.15. The Labute approximate surface area is 200 Å². The molecule has 2 unspecified atom stereocenters. The molecule has 3 atom stereocenters. The number of hydrogen-bond acceptors (Lipinski definition) is 6. The van der Waals surface area contributed by atoms with E-state index < -0.39 is 52.1 Å². The summed E-state index contributed by atoms with van der Waals surface area (Å²) in [4.78, 5) is 10.7. The smallest absolute Gasteiger partial charge is 0.395 e. The van der Waals surface area contributed by atoms with Gasteiger partial charge in [0.2, 0.25) is 0 Å². The molecular weight excluding hydrogens is 494 g/mol. The zero-order valence-corrected chi connectivity index (χ0v) is 20.1. The monoisotopic (exact) mass is 521 g/mol. The topological polar surface area (TPSA) is 116 Å². The zero-order valence-electron chi connectivity index (χ0n) is 19.3. The lowest BCUT2D eigenvalue weighted by Gasteiger charge is -2.26. The van der Waals surface area contributed by atoms with E-state index in [1.54, 1.807) is 0 Å². The van der Waals surface area contributed by atoms with Crippen molar-refractivity contribution in [3.05, 3.63) is 47.8 Å². The predicted octanol–water partition coefficient (Wildman–Crippen LogP) is 4.35. The zero-order chi connectivity index (χ0) is 26.6. The predicted molar refractivity (Wildman–Crippen MR) is 120 cm³/mol. The van der Waals surface area contributed by atoms with E-state index in [1.165, 1.54) is 38.3 Å². The summed E-state index contributed by atoms with van der Waals surface area (Å²) >= 11 is 0. The number of methoxy groups -OCH3 is 1. The molecule has 3 N–H and O–H groups in total. The molecule has 0 heterocycles. The number of hydrogen-bond donors (Lipinski definition) is 2. The summed E-state index contributed by atoms with van der Waals surface area (Å²) in [5, 5.41) is 8.94. The minimum absolute atomic E-state index is 0.0700. The molecule has 0 amide bonds. The molecule has 0 aliphatic carbocycles. The Morgan fingerprint density at radius 2 is 1.74 bits per heavy atom. The lowest BCUT2D eigenvalue weighted by molar-refractivity contribution is -0.154. The van der Waals surface area contributed by atoms with Crippen molar-refractivity contribution in [2.45, 2.75) is 42.8 Å². The molecule has 2 rings (SSSR count). The van der Waals surface area contributed by atoms with E-state index in [9.17, 15) is 30.8 Å². The van der Waals surface area contributed by atoms with Crippen LogP contribution in [-0.4, -0.2) is 51.9 Å². The van der Waals surface area contributed by atoms with Gasteiger partial charge in [0.05, 0.1) is 10.8 Å². The van der Waals surface area contributed by atoms with Gasteiger partial charge in [-0.15, -0.1) is 0 Å². The minimum Gasteiger partial charge on any atom is -0.480 e. The standard InChI is InChI=1S/C23H27F4NO6S/c1-13(9-20(28)22(29)30)8-18(23(25,26)27)14-4-6-17(21(10-14)34-12-33-2)16-7-5-15(11-19(16)24)35(3,31)32/h4-7,10-11,13,18,20H,8-9,12,28H2,1-3H3,(H,29,30)/t13?,18?,20-/m0/s1. The second-order valence-electron chi connectivity index (χ2n) is 8.34. The van der Waals surface area contributed by atoms with Gasteiger partial charge in [-0.2, -0.15) is 13.2 Å². The van der Waals surface area contributed by atoms with Crippen LogP contribution in [0, 0.1) is 11.7 Å². The number of carboxylic acid groups (broad SMARTS) is 1. The SMILES string of the molecule is COCOc1cc(C(CC(C)C[C@H](N)C(=O)O)C(F)(F)F)ccc1-c1ccc(S(C)(=O)=O)cc1F. The molecule has 2 aromatic carbocycles. The van der Waals surface area contributed by atoms with Crippen molar-refractivity contribution < 1.29 is 45.4 Å². The highest BCUT2D eigenvalue weighted by Crippen LogP contribution is 2.43. The summed E-state index contributed by atoms with van der Waals surface area (Å²) in [7, 11) is -2.37. The molecule has 194 valence electrons. The Morgan fingerprint density at radius 1 is 1.11 bits per heavy atom. The fraction of sp³-hybridized carbons (Fsp3) is 0.435. The number of carboxylic acids is 1. The van der Waals surface area contributed by atoms with Crippen molar-refractivity contribution in [3.8, 4) is 16.9 Å². The molecule has 0 radical (unpaired) electrons. The van der Waals surface area contributed by atoms with Gasteiger partial charge in [0.15, 0.2) is 16.6 Å². The van der Waals surface area contributed by atoms with E-state index in [1.807, 2.05) is 0 Å². The Kier molecular flexibility index (Phi) is 9.26. The number of nitrogens with two attached hydrogens (primary N) is 1. The quantitative estimate of drug-likeness (QED) is 0.334. The van der Waals surface area contributed by atoms with Crippen LogP contribution in [0.15, 0.2) is 41.3 Å². The van der Waals surface area contributed by atoms with Gasteiger partial charge in [-0.25, -0.2) is 12.8 Å². The van der Waals surface area contributed by atoms with Crippen molar-refractivity contribution >= 4 is 15.8 Å². The first-order chi connectivity index (χ1) is 16.1. The van der Waals surface area contributed by atoms with E-state index in [2.05, 4.69) is 0 Å². The summed E-state index contributed by atoms with van der Waals surface area (Å²) in [5.74, 6) is -4.93.